The van der Waals surface area contributed by atoms with Crippen LogP contribution in [0.3, 0.4) is 0 Å². The van der Waals surface area contributed by atoms with E-state index in [-0.39, 0.29) is 18.6 Å². The van der Waals surface area contributed by atoms with Crippen LogP contribution in [0.1, 0.15) is 11.8 Å². The van der Waals surface area contributed by atoms with Gasteiger partial charge in [-0.3, -0.25) is 4.79 Å². The highest BCUT2D eigenvalue weighted by Crippen LogP contribution is 2.13. The molecule has 2 rings (SSSR count). The SMILES string of the molecule is CC(Cc1cccs1)NC(=O)COc1ccc(N)cc1. The Morgan fingerprint density at radius 3 is 2.75 bits per heavy atom. The van der Waals surface area contributed by atoms with Crippen molar-refractivity contribution in [3.63, 3.8) is 0 Å². The summed E-state index contributed by atoms with van der Waals surface area (Å²) in [6.45, 7) is 2.00. The summed E-state index contributed by atoms with van der Waals surface area (Å²) in [5, 5.41) is 4.95. The second-order valence-corrected chi connectivity index (χ2v) is 5.64. The molecule has 0 fully saturated rings. The van der Waals surface area contributed by atoms with Gasteiger partial charge >= 0.3 is 0 Å². The maximum Gasteiger partial charge on any atom is 0.258 e. The number of thiophene rings is 1. The summed E-state index contributed by atoms with van der Waals surface area (Å²) in [5.74, 6) is 0.520. The maximum atomic E-state index is 11.8. The van der Waals surface area contributed by atoms with Crippen molar-refractivity contribution in [3.05, 3.63) is 46.7 Å². The van der Waals surface area contributed by atoms with Crippen LogP contribution in [0.4, 0.5) is 5.69 Å². The zero-order valence-electron chi connectivity index (χ0n) is 11.3. The van der Waals surface area contributed by atoms with Crippen molar-refractivity contribution in [1.82, 2.24) is 5.32 Å². The Bertz CT molecular complexity index is 538. The summed E-state index contributed by atoms with van der Waals surface area (Å²) in [6.07, 6.45) is 0.839. The molecule has 4 nitrogen and oxygen atoms in total. The molecular weight excluding hydrogens is 272 g/mol. The van der Waals surface area contributed by atoms with Gasteiger partial charge in [0.25, 0.3) is 5.91 Å². The van der Waals surface area contributed by atoms with Crippen LogP contribution in [0.15, 0.2) is 41.8 Å². The van der Waals surface area contributed by atoms with Crippen molar-refractivity contribution >= 4 is 22.9 Å². The van der Waals surface area contributed by atoms with Crippen LogP contribution in [0.25, 0.3) is 0 Å². The number of ether oxygens (including phenoxy) is 1. The molecule has 0 aliphatic carbocycles. The molecule has 0 saturated heterocycles. The lowest BCUT2D eigenvalue weighted by Crippen LogP contribution is -2.37. The van der Waals surface area contributed by atoms with Gasteiger partial charge in [0.1, 0.15) is 5.75 Å². The number of carbonyl (C=O) groups excluding carboxylic acids is 1. The Hall–Kier alpha value is -2.01. The van der Waals surface area contributed by atoms with Crippen LogP contribution >= 0.6 is 11.3 Å². The van der Waals surface area contributed by atoms with Crippen molar-refractivity contribution in [1.29, 1.82) is 0 Å². The van der Waals surface area contributed by atoms with E-state index in [4.69, 9.17) is 10.5 Å². The molecule has 2 aromatic rings. The van der Waals surface area contributed by atoms with Crippen LogP contribution in [-0.4, -0.2) is 18.6 Å². The second kappa shape index (κ2) is 6.96. The number of benzene rings is 1. The lowest BCUT2D eigenvalue weighted by molar-refractivity contribution is -0.123. The second-order valence-electron chi connectivity index (χ2n) is 4.61. The van der Waals surface area contributed by atoms with Crippen LogP contribution in [0.2, 0.25) is 0 Å². The Kier molecular flexibility index (Phi) is 5.01. The maximum absolute atomic E-state index is 11.8. The van der Waals surface area contributed by atoms with Gasteiger partial charge in [0.15, 0.2) is 6.61 Å². The Balaban J connectivity index is 1.73. The van der Waals surface area contributed by atoms with E-state index in [1.807, 2.05) is 18.4 Å². The third-order valence-corrected chi connectivity index (χ3v) is 3.64. The predicted molar refractivity (Wildman–Crippen MR) is 82.0 cm³/mol. The first kappa shape index (κ1) is 14.4. The lowest BCUT2D eigenvalue weighted by atomic mass is 10.2. The molecule has 0 saturated carbocycles. The topological polar surface area (TPSA) is 64.3 Å². The van der Waals surface area contributed by atoms with Gasteiger partial charge in [0.05, 0.1) is 0 Å². The van der Waals surface area contributed by atoms with Crippen molar-refractivity contribution in [2.75, 3.05) is 12.3 Å². The molecule has 0 aliphatic rings. The average molecular weight is 290 g/mol. The number of rotatable bonds is 6. The Labute approximate surface area is 122 Å². The summed E-state index contributed by atoms with van der Waals surface area (Å²) < 4.78 is 5.39. The lowest BCUT2D eigenvalue weighted by Gasteiger charge is -2.13. The fraction of sp³-hybridized carbons (Fsp3) is 0.267. The first-order valence-corrected chi connectivity index (χ1v) is 7.31. The molecule has 1 atom stereocenters. The van der Waals surface area contributed by atoms with Gasteiger partial charge in [-0.05, 0) is 42.6 Å². The highest BCUT2D eigenvalue weighted by atomic mass is 32.1. The molecule has 1 aromatic heterocycles. The van der Waals surface area contributed by atoms with Crippen molar-refractivity contribution in [2.24, 2.45) is 0 Å². The quantitative estimate of drug-likeness (QED) is 0.803. The smallest absolute Gasteiger partial charge is 0.258 e. The molecular formula is C15H18N2O2S. The number of amides is 1. The third kappa shape index (κ3) is 4.59. The van der Waals surface area contributed by atoms with E-state index in [1.54, 1.807) is 35.6 Å². The van der Waals surface area contributed by atoms with E-state index < -0.39 is 0 Å². The fourth-order valence-electron chi connectivity index (χ4n) is 1.81. The minimum atomic E-state index is -0.120. The largest absolute Gasteiger partial charge is 0.484 e. The Morgan fingerprint density at radius 1 is 1.35 bits per heavy atom. The molecule has 1 unspecified atom stereocenters. The number of nitrogens with two attached hydrogens (primary N) is 1. The van der Waals surface area contributed by atoms with Crippen molar-refractivity contribution in [2.45, 2.75) is 19.4 Å². The van der Waals surface area contributed by atoms with Gasteiger partial charge in [-0.15, -0.1) is 11.3 Å². The first-order valence-electron chi connectivity index (χ1n) is 6.43. The van der Waals surface area contributed by atoms with Crippen LogP contribution in [0, 0.1) is 0 Å². The van der Waals surface area contributed by atoms with E-state index in [1.165, 1.54) is 4.88 Å². The minimum Gasteiger partial charge on any atom is -0.484 e. The molecule has 0 radical (unpaired) electrons. The van der Waals surface area contributed by atoms with Crippen LogP contribution in [0.5, 0.6) is 5.75 Å². The number of nitrogens with one attached hydrogen (secondary N) is 1. The summed E-state index contributed by atoms with van der Waals surface area (Å²) in [6, 6.07) is 11.2. The normalized spacial score (nSPS) is 11.8. The molecule has 1 heterocycles. The molecule has 0 bridgehead atoms. The van der Waals surface area contributed by atoms with E-state index >= 15 is 0 Å². The standard InChI is InChI=1S/C15H18N2O2S/c1-11(9-14-3-2-8-20-14)17-15(18)10-19-13-6-4-12(16)5-7-13/h2-8,11H,9-10,16H2,1H3,(H,17,18). The van der Waals surface area contributed by atoms with Crippen molar-refractivity contribution < 1.29 is 9.53 Å². The monoisotopic (exact) mass is 290 g/mol. The van der Waals surface area contributed by atoms with Gasteiger partial charge in [0.2, 0.25) is 0 Å². The van der Waals surface area contributed by atoms with Crippen LogP contribution in [-0.2, 0) is 11.2 Å². The summed E-state index contributed by atoms with van der Waals surface area (Å²) >= 11 is 1.70. The average Bonchev–Trinajstić information content (AvgIpc) is 2.90. The molecule has 20 heavy (non-hydrogen) atoms. The van der Waals surface area contributed by atoms with E-state index in [2.05, 4.69) is 11.4 Å². The minimum absolute atomic E-state index is 0.0126. The van der Waals surface area contributed by atoms with Crippen LogP contribution < -0.4 is 15.8 Å². The van der Waals surface area contributed by atoms with Gasteiger partial charge in [-0.25, -0.2) is 0 Å². The molecule has 0 spiro atoms. The summed E-state index contributed by atoms with van der Waals surface area (Å²) in [5.41, 5.74) is 6.25. The van der Waals surface area contributed by atoms with Gasteiger partial charge in [-0.1, -0.05) is 6.07 Å². The summed E-state index contributed by atoms with van der Waals surface area (Å²) in [4.78, 5) is 13.0. The zero-order chi connectivity index (χ0) is 14.4. The van der Waals surface area contributed by atoms with Gasteiger partial charge in [0, 0.05) is 23.0 Å². The number of anilines is 1. The predicted octanol–water partition coefficient (Wildman–Crippen LogP) is 2.46. The Morgan fingerprint density at radius 2 is 2.10 bits per heavy atom. The number of carbonyl (C=O) groups is 1. The zero-order valence-corrected chi connectivity index (χ0v) is 12.2. The number of hydrogen-bond acceptors (Lipinski definition) is 4. The summed E-state index contributed by atoms with van der Waals surface area (Å²) in [7, 11) is 0. The van der Waals surface area contributed by atoms with Crippen molar-refractivity contribution in [3.8, 4) is 5.75 Å². The molecule has 106 valence electrons. The van der Waals surface area contributed by atoms with Gasteiger partial charge < -0.3 is 15.8 Å². The third-order valence-electron chi connectivity index (χ3n) is 2.74. The number of nitrogen functional groups attached to an aromatic ring is 1. The van der Waals surface area contributed by atoms with E-state index in [0.717, 1.165) is 6.42 Å². The van der Waals surface area contributed by atoms with Gasteiger partial charge in [-0.2, -0.15) is 0 Å². The molecule has 1 amide bonds. The molecule has 3 N–H and O–H groups in total. The van der Waals surface area contributed by atoms with E-state index in [0.29, 0.717) is 11.4 Å². The fourth-order valence-corrected chi connectivity index (χ4v) is 2.65. The highest BCUT2D eigenvalue weighted by molar-refractivity contribution is 7.09. The molecule has 5 heteroatoms. The number of hydrogen-bond donors (Lipinski definition) is 2. The molecule has 0 aliphatic heterocycles. The first-order chi connectivity index (χ1) is 9.63. The highest BCUT2D eigenvalue weighted by Gasteiger charge is 2.09. The van der Waals surface area contributed by atoms with E-state index in [9.17, 15) is 4.79 Å². The molecule has 1 aromatic carbocycles.